The average molecular weight is 619 g/mol. The van der Waals surface area contributed by atoms with E-state index in [1.54, 1.807) is 11.8 Å². The van der Waals surface area contributed by atoms with E-state index in [1.807, 2.05) is 42.5 Å². The van der Waals surface area contributed by atoms with Crippen LogP contribution in [0.25, 0.3) is 0 Å². The molecule has 4 aromatic rings. The highest BCUT2D eigenvalue weighted by Gasteiger charge is 2.69. The van der Waals surface area contributed by atoms with Crippen molar-refractivity contribution < 1.29 is 18.7 Å². The molecule has 2 amide bonds. The second kappa shape index (κ2) is 9.82. The van der Waals surface area contributed by atoms with Gasteiger partial charge in [0.05, 0.1) is 22.5 Å². The monoisotopic (exact) mass is 618 g/mol. The lowest BCUT2D eigenvalue weighted by Crippen LogP contribution is -2.42. The molecule has 10 heteroatoms. The first-order valence-electron chi connectivity index (χ1n) is 13.9. The molecule has 42 heavy (non-hydrogen) atoms. The van der Waals surface area contributed by atoms with Gasteiger partial charge in [0.15, 0.2) is 0 Å². The molecule has 1 aromatic heterocycles. The number of hydrogen-bond acceptors (Lipinski definition) is 6. The minimum Gasteiger partial charge on any atom is -0.489 e. The number of hydrogen-bond donors (Lipinski definition) is 1. The molecule has 2 aliphatic carbocycles. The number of imide groups is 1. The number of thioether (sulfide) groups is 1. The minimum atomic E-state index is -0.436. The highest BCUT2D eigenvalue weighted by atomic mass is 35.5. The number of aromatic amines is 1. The zero-order valence-corrected chi connectivity index (χ0v) is 24.4. The highest BCUT2D eigenvalue weighted by Crippen LogP contribution is 2.69. The topological polar surface area (TPSA) is 79.5 Å². The number of fused-ring (bicyclic) bond motifs is 9. The molecular formula is C32H24ClFN2O4S2. The van der Waals surface area contributed by atoms with Crippen LogP contribution < -0.4 is 14.5 Å². The molecule has 0 spiro atoms. The first kappa shape index (κ1) is 26.2. The Labute approximate surface area is 253 Å². The van der Waals surface area contributed by atoms with Crippen molar-refractivity contribution in [2.75, 3.05) is 4.90 Å². The lowest BCUT2D eigenvalue weighted by Gasteiger charge is -2.43. The smallest absolute Gasteiger partial charge is 0.305 e. The number of ether oxygens (including phenoxy) is 1. The van der Waals surface area contributed by atoms with Gasteiger partial charge in [-0.3, -0.25) is 19.3 Å². The highest BCUT2D eigenvalue weighted by molar-refractivity contribution is 8.00. The van der Waals surface area contributed by atoms with Crippen molar-refractivity contribution in [3.05, 3.63) is 109 Å². The van der Waals surface area contributed by atoms with Gasteiger partial charge >= 0.3 is 4.87 Å². The number of para-hydroxylation sites is 1. The van der Waals surface area contributed by atoms with E-state index in [9.17, 15) is 18.8 Å². The van der Waals surface area contributed by atoms with Crippen molar-refractivity contribution in [2.45, 2.75) is 29.2 Å². The number of amides is 2. The zero-order valence-electron chi connectivity index (χ0n) is 22.0. The third-order valence-corrected chi connectivity index (χ3v) is 12.2. The molecule has 3 heterocycles. The quantitative estimate of drug-likeness (QED) is 0.259. The molecule has 3 fully saturated rings. The van der Waals surface area contributed by atoms with Crippen LogP contribution in [0.5, 0.6) is 5.75 Å². The molecule has 2 aliphatic heterocycles. The van der Waals surface area contributed by atoms with Gasteiger partial charge in [0.25, 0.3) is 0 Å². The number of carbonyl (C=O) groups is 2. The Bertz CT molecular complexity index is 1810. The van der Waals surface area contributed by atoms with E-state index in [1.165, 1.54) is 40.5 Å². The molecule has 2 bridgehead atoms. The lowest BCUT2D eigenvalue weighted by atomic mass is 9.68. The number of halogens is 2. The van der Waals surface area contributed by atoms with Gasteiger partial charge < -0.3 is 9.72 Å². The fraction of sp³-hybridized carbons (Fsp3) is 0.281. The van der Waals surface area contributed by atoms with E-state index in [0.29, 0.717) is 17.3 Å². The molecule has 7 atom stereocenters. The number of rotatable bonds is 5. The van der Waals surface area contributed by atoms with Crippen LogP contribution in [0.3, 0.4) is 0 Å². The zero-order chi connectivity index (χ0) is 28.7. The molecular weight excluding hydrogens is 595 g/mol. The van der Waals surface area contributed by atoms with Crippen LogP contribution in [0.1, 0.15) is 28.3 Å². The van der Waals surface area contributed by atoms with Crippen LogP contribution >= 0.6 is 34.7 Å². The van der Waals surface area contributed by atoms with Crippen LogP contribution in [0, 0.1) is 35.4 Å². The third kappa shape index (κ3) is 3.93. The first-order valence-corrected chi connectivity index (χ1v) is 16.0. The van der Waals surface area contributed by atoms with Gasteiger partial charge in [-0.15, -0.1) is 11.8 Å². The van der Waals surface area contributed by atoms with Gasteiger partial charge in [-0.05, 0) is 72.2 Å². The predicted molar refractivity (Wildman–Crippen MR) is 160 cm³/mol. The number of nitrogens with zero attached hydrogens (tertiary/aromatic N) is 1. The van der Waals surface area contributed by atoms with E-state index in [4.69, 9.17) is 16.3 Å². The van der Waals surface area contributed by atoms with Gasteiger partial charge in [-0.25, -0.2) is 4.39 Å². The SMILES string of the molecule is O=C1C2C3CC(C2C(=O)N1c1ccc(F)cc1)C1C3Sc2[nH]c(=O)sc2[C@@H]1c1ccccc1OCc1cccc(Cl)c1. The number of benzene rings is 3. The maximum atomic E-state index is 13.9. The third-order valence-electron chi connectivity index (χ3n) is 9.35. The summed E-state index contributed by atoms with van der Waals surface area (Å²) in [5, 5.41) is 1.54. The van der Waals surface area contributed by atoms with E-state index in [0.717, 1.165) is 33.2 Å². The Kier molecular flexibility index (Phi) is 6.14. The number of H-pyrrole nitrogens is 1. The molecule has 1 N–H and O–H groups in total. The average Bonchev–Trinajstić information content (AvgIpc) is 3.72. The summed E-state index contributed by atoms with van der Waals surface area (Å²) in [6.07, 6.45) is 0.785. The Balaban J connectivity index is 1.18. The number of aromatic nitrogens is 1. The van der Waals surface area contributed by atoms with E-state index >= 15 is 0 Å². The summed E-state index contributed by atoms with van der Waals surface area (Å²) in [4.78, 5) is 45.5. The van der Waals surface area contributed by atoms with Crippen LogP contribution in [0.2, 0.25) is 5.02 Å². The molecule has 0 radical (unpaired) electrons. The maximum Gasteiger partial charge on any atom is 0.305 e. The summed E-state index contributed by atoms with van der Waals surface area (Å²) in [6.45, 7) is 0.333. The fourth-order valence-electron chi connectivity index (χ4n) is 7.87. The lowest BCUT2D eigenvalue weighted by molar-refractivity contribution is -0.123. The Morgan fingerprint density at radius 3 is 2.50 bits per heavy atom. The van der Waals surface area contributed by atoms with Crippen molar-refractivity contribution in [1.29, 1.82) is 0 Å². The molecule has 212 valence electrons. The molecule has 3 aromatic carbocycles. The van der Waals surface area contributed by atoms with Crippen molar-refractivity contribution in [3.63, 3.8) is 0 Å². The van der Waals surface area contributed by atoms with Gasteiger partial charge in [-0.1, -0.05) is 53.3 Å². The predicted octanol–water partition coefficient (Wildman–Crippen LogP) is 6.49. The first-order chi connectivity index (χ1) is 20.4. The molecule has 6 nitrogen and oxygen atoms in total. The summed E-state index contributed by atoms with van der Waals surface area (Å²) >= 11 is 9.06. The van der Waals surface area contributed by atoms with Crippen molar-refractivity contribution in [1.82, 2.24) is 4.98 Å². The Morgan fingerprint density at radius 1 is 0.952 bits per heavy atom. The Hall–Kier alpha value is -3.40. The normalized spacial score (nSPS) is 29.0. The second-order valence-corrected chi connectivity index (χ2v) is 14.0. The van der Waals surface area contributed by atoms with Gasteiger partial charge in [0, 0.05) is 26.6 Å². The summed E-state index contributed by atoms with van der Waals surface area (Å²) < 4.78 is 20.0. The maximum absolute atomic E-state index is 13.9. The van der Waals surface area contributed by atoms with E-state index < -0.39 is 17.7 Å². The van der Waals surface area contributed by atoms with Crippen molar-refractivity contribution >= 4 is 52.2 Å². The number of anilines is 1. The van der Waals surface area contributed by atoms with E-state index in [-0.39, 0.29) is 45.6 Å². The van der Waals surface area contributed by atoms with Crippen molar-refractivity contribution in [3.8, 4) is 5.75 Å². The van der Waals surface area contributed by atoms with Gasteiger partial charge in [-0.2, -0.15) is 0 Å². The second-order valence-electron chi connectivity index (χ2n) is 11.4. The molecule has 1 saturated heterocycles. The van der Waals surface area contributed by atoms with Crippen LogP contribution in [0.15, 0.2) is 82.6 Å². The minimum absolute atomic E-state index is 0.00417. The fourth-order valence-corrected chi connectivity index (χ4v) is 11.0. The van der Waals surface area contributed by atoms with E-state index in [2.05, 4.69) is 11.1 Å². The van der Waals surface area contributed by atoms with Crippen LogP contribution in [-0.2, 0) is 16.2 Å². The molecule has 2 saturated carbocycles. The standard InChI is InChI=1S/C32H24ClFN2O4S2/c33-16-5-3-4-15(12-16)14-40-22-7-2-1-6-19(22)23-24-20-13-21(27(24)41-29-28(23)42-32(39)35-29)26-25(20)30(37)36(31(26)38)18-10-8-17(34)9-11-18/h1-12,20-21,23-27H,13-14H2,(H,35,39)/t20?,21?,23-,24?,25?,26?,27?/m1/s1. The summed E-state index contributed by atoms with van der Waals surface area (Å²) in [6, 6.07) is 21.0. The summed E-state index contributed by atoms with van der Waals surface area (Å²) in [5.41, 5.74) is 2.33. The number of nitrogens with one attached hydrogen (secondary N) is 1. The van der Waals surface area contributed by atoms with Gasteiger partial charge in [0.1, 0.15) is 18.2 Å². The number of carbonyl (C=O) groups excluding carboxylic acids is 2. The molecule has 8 rings (SSSR count). The van der Waals surface area contributed by atoms with Crippen LogP contribution in [0.4, 0.5) is 10.1 Å². The van der Waals surface area contributed by atoms with Gasteiger partial charge in [0.2, 0.25) is 11.8 Å². The molecule has 6 unspecified atom stereocenters. The summed E-state index contributed by atoms with van der Waals surface area (Å²) in [7, 11) is 0. The molecule has 4 aliphatic rings. The summed E-state index contributed by atoms with van der Waals surface area (Å²) in [5.74, 6) is -1.10. The van der Waals surface area contributed by atoms with Crippen molar-refractivity contribution in [2.24, 2.45) is 29.6 Å². The largest absolute Gasteiger partial charge is 0.489 e. The van der Waals surface area contributed by atoms with Crippen LogP contribution in [-0.4, -0.2) is 22.0 Å². The Morgan fingerprint density at radius 2 is 1.71 bits per heavy atom. The number of thiazole rings is 1.